The molecule has 2 N–H and O–H groups in total. The van der Waals surface area contributed by atoms with Gasteiger partial charge in [0, 0.05) is 24.7 Å². The van der Waals surface area contributed by atoms with Gasteiger partial charge in [0.15, 0.2) is 17.5 Å². The monoisotopic (exact) mass is 528 g/mol. The Hall–Kier alpha value is -1.56. The van der Waals surface area contributed by atoms with Crippen molar-refractivity contribution < 1.29 is 23.0 Å². The third kappa shape index (κ3) is 8.37. The van der Waals surface area contributed by atoms with Gasteiger partial charge in [0.2, 0.25) is 6.79 Å². The summed E-state index contributed by atoms with van der Waals surface area (Å²) in [6.45, 7) is 8.11. The minimum absolute atomic E-state index is 0. The molecule has 166 valence electrons. The fourth-order valence-corrected chi connectivity index (χ4v) is 2.85. The molecule has 29 heavy (non-hydrogen) atoms. The lowest BCUT2D eigenvalue weighted by Gasteiger charge is -2.18. The summed E-state index contributed by atoms with van der Waals surface area (Å²) >= 11 is 0. The molecule has 1 aliphatic rings. The van der Waals surface area contributed by atoms with Crippen molar-refractivity contribution in [2.45, 2.75) is 40.3 Å². The first-order chi connectivity index (χ1) is 13.6. The Kier molecular flexibility index (Phi) is 12.0. The van der Waals surface area contributed by atoms with Crippen LogP contribution >= 0.6 is 24.0 Å². The van der Waals surface area contributed by atoms with Gasteiger partial charge in [0.25, 0.3) is 0 Å². The lowest BCUT2D eigenvalue weighted by Crippen LogP contribution is -2.38. The van der Waals surface area contributed by atoms with Gasteiger partial charge in [-0.2, -0.15) is 8.78 Å². The number of nitrogens with one attached hydrogen (secondary N) is 2. The number of nitrogens with zero attached hydrogens (tertiary/aromatic N) is 2. The molecule has 0 saturated heterocycles. The van der Waals surface area contributed by atoms with Gasteiger partial charge in [0.05, 0.1) is 6.54 Å². The van der Waals surface area contributed by atoms with Crippen molar-refractivity contribution >= 4 is 29.9 Å². The zero-order valence-corrected chi connectivity index (χ0v) is 19.5. The summed E-state index contributed by atoms with van der Waals surface area (Å²) in [5, 5.41) is 6.44. The van der Waals surface area contributed by atoms with Gasteiger partial charge in [-0.15, -0.1) is 24.0 Å². The molecule has 10 heteroatoms. The van der Waals surface area contributed by atoms with E-state index in [4.69, 9.17) is 9.47 Å². The van der Waals surface area contributed by atoms with Crippen LogP contribution in [0, 0.1) is 0 Å². The van der Waals surface area contributed by atoms with Crippen LogP contribution in [0.4, 0.5) is 8.78 Å². The predicted octanol–water partition coefficient (Wildman–Crippen LogP) is 3.42. The highest BCUT2D eigenvalue weighted by Gasteiger charge is 2.20. The van der Waals surface area contributed by atoms with Gasteiger partial charge in [-0.25, -0.2) is 4.99 Å². The molecule has 0 aliphatic carbocycles. The van der Waals surface area contributed by atoms with E-state index in [0.29, 0.717) is 29.6 Å². The van der Waals surface area contributed by atoms with E-state index < -0.39 is 6.61 Å². The molecule has 0 amide bonds. The molecular weight excluding hydrogens is 497 g/mol. The van der Waals surface area contributed by atoms with Gasteiger partial charge < -0.3 is 29.7 Å². The Morgan fingerprint density at radius 1 is 1.17 bits per heavy atom. The van der Waals surface area contributed by atoms with Gasteiger partial charge in [0.1, 0.15) is 5.75 Å². The molecule has 0 bridgehead atoms. The number of ether oxygens (including phenoxy) is 3. The number of aliphatic imine (C=N–C) groups is 1. The molecule has 0 unspecified atom stereocenters. The SMILES string of the molecule is CCNC(=NCc1cc2c(cc1OC(F)F)OCO2)NCCCN(CC)CC.I. The maximum Gasteiger partial charge on any atom is 0.387 e. The summed E-state index contributed by atoms with van der Waals surface area (Å²) in [7, 11) is 0. The van der Waals surface area contributed by atoms with E-state index in [1.54, 1.807) is 6.07 Å². The maximum absolute atomic E-state index is 12.7. The topological polar surface area (TPSA) is 67.4 Å². The Bertz CT molecular complexity index is 646. The van der Waals surface area contributed by atoms with Crippen LogP contribution in [-0.4, -0.2) is 57.0 Å². The Balaban J connectivity index is 0.00000420. The maximum atomic E-state index is 12.7. The minimum Gasteiger partial charge on any atom is -0.454 e. The fourth-order valence-electron chi connectivity index (χ4n) is 2.85. The van der Waals surface area contributed by atoms with Crippen molar-refractivity contribution in [3.63, 3.8) is 0 Å². The van der Waals surface area contributed by atoms with Crippen LogP contribution in [0.3, 0.4) is 0 Å². The first-order valence-corrected chi connectivity index (χ1v) is 9.69. The zero-order valence-electron chi connectivity index (χ0n) is 17.2. The second kappa shape index (κ2) is 13.6. The summed E-state index contributed by atoms with van der Waals surface area (Å²) in [5.74, 6) is 1.57. The van der Waals surface area contributed by atoms with Crippen molar-refractivity contribution in [1.29, 1.82) is 0 Å². The highest BCUT2D eigenvalue weighted by molar-refractivity contribution is 14.0. The molecule has 1 aromatic rings. The highest BCUT2D eigenvalue weighted by Crippen LogP contribution is 2.38. The van der Waals surface area contributed by atoms with E-state index in [1.807, 2.05) is 6.92 Å². The van der Waals surface area contributed by atoms with Crippen LogP contribution in [-0.2, 0) is 6.54 Å². The van der Waals surface area contributed by atoms with Gasteiger partial charge in [-0.1, -0.05) is 13.8 Å². The van der Waals surface area contributed by atoms with Crippen LogP contribution in [0.1, 0.15) is 32.8 Å². The number of guanidine groups is 1. The molecule has 0 radical (unpaired) electrons. The molecular formula is C19H31F2IN4O3. The summed E-state index contributed by atoms with van der Waals surface area (Å²) in [6.07, 6.45) is 0.982. The molecule has 1 aromatic carbocycles. The fraction of sp³-hybridized carbons (Fsp3) is 0.632. The quantitative estimate of drug-likeness (QED) is 0.199. The Morgan fingerprint density at radius 3 is 2.48 bits per heavy atom. The van der Waals surface area contributed by atoms with E-state index in [-0.39, 0.29) is 43.1 Å². The second-order valence-electron chi connectivity index (χ2n) is 6.19. The van der Waals surface area contributed by atoms with E-state index >= 15 is 0 Å². The zero-order chi connectivity index (χ0) is 20.4. The molecule has 1 heterocycles. The number of benzene rings is 1. The van der Waals surface area contributed by atoms with E-state index in [2.05, 4.69) is 39.1 Å². The average molecular weight is 528 g/mol. The molecule has 1 aliphatic heterocycles. The van der Waals surface area contributed by atoms with Crippen molar-refractivity contribution in [3.05, 3.63) is 17.7 Å². The van der Waals surface area contributed by atoms with Gasteiger partial charge >= 0.3 is 6.61 Å². The second-order valence-corrected chi connectivity index (χ2v) is 6.19. The number of rotatable bonds is 11. The lowest BCUT2D eigenvalue weighted by atomic mass is 10.1. The first-order valence-electron chi connectivity index (χ1n) is 9.69. The van der Waals surface area contributed by atoms with Gasteiger partial charge in [-0.05, 0) is 39.0 Å². The van der Waals surface area contributed by atoms with Crippen LogP contribution in [0.25, 0.3) is 0 Å². The van der Waals surface area contributed by atoms with Crippen LogP contribution in [0.2, 0.25) is 0 Å². The molecule has 0 spiro atoms. The summed E-state index contributed by atoms with van der Waals surface area (Å²) in [6, 6.07) is 3.05. The lowest BCUT2D eigenvalue weighted by molar-refractivity contribution is -0.0505. The molecule has 0 aromatic heterocycles. The smallest absolute Gasteiger partial charge is 0.387 e. The summed E-state index contributed by atoms with van der Waals surface area (Å²) in [5.41, 5.74) is 0.505. The van der Waals surface area contributed by atoms with Crippen molar-refractivity contribution in [3.8, 4) is 17.2 Å². The Labute approximate surface area is 188 Å². The number of fused-ring (bicyclic) bond motifs is 1. The molecule has 0 atom stereocenters. The van der Waals surface area contributed by atoms with Crippen molar-refractivity contribution in [1.82, 2.24) is 15.5 Å². The van der Waals surface area contributed by atoms with Crippen LogP contribution < -0.4 is 24.8 Å². The average Bonchev–Trinajstić information content (AvgIpc) is 3.12. The highest BCUT2D eigenvalue weighted by atomic mass is 127. The number of alkyl halides is 2. The van der Waals surface area contributed by atoms with E-state index in [0.717, 1.165) is 32.6 Å². The standard InChI is InChI=1S/C19H30F2N4O3.HI/c1-4-22-19(23-8-7-9-25(5-2)6-3)24-12-14-10-16-17(27-13-26-16)11-15(14)28-18(20)21;/h10-11,18H,4-9,12-13H2,1-3H3,(H2,22,23,24);1H. The van der Waals surface area contributed by atoms with Crippen LogP contribution in [0.15, 0.2) is 17.1 Å². The largest absolute Gasteiger partial charge is 0.454 e. The summed E-state index contributed by atoms with van der Waals surface area (Å²) < 4.78 is 40.7. The van der Waals surface area contributed by atoms with Crippen molar-refractivity contribution in [2.75, 3.05) is 39.5 Å². The number of hydrogen-bond acceptors (Lipinski definition) is 5. The predicted molar refractivity (Wildman–Crippen MR) is 120 cm³/mol. The Morgan fingerprint density at radius 2 is 1.86 bits per heavy atom. The number of hydrogen-bond donors (Lipinski definition) is 2. The van der Waals surface area contributed by atoms with Crippen LogP contribution in [0.5, 0.6) is 17.2 Å². The summed E-state index contributed by atoms with van der Waals surface area (Å²) in [4.78, 5) is 6.85. The van der Waals surface area contributed by atoms with E-state index in [9.17, 15) is 8.78 Å². The molecule has 7 nitrogen and oxygen atoms in total. The van der Waals surface area contributed by atoms with Crippen molar-refractivity contribution in [2.24, 2.45) is 4.99 Å². The number of halogens is 3. The molecule has 0 saturated carbocycles. The normalized spacial score (nSPS) is 12.9. The third-order valence-corrected chi connectivity index (χ3v) is 4.36. The van der Waals surface area contributed by atoms with Gasteiger partial charge in [-0.3, -0.25) is 0 Å². The molecule has 2 rings (SSSR count). The first kappa shape index (κ1) is 25.5. The minimum atomic E-state index is -2.92. The third-order valence-electron chi connectivity index (χ3n) is 4.36. The molecule has 0 fully saturated rings. The van der Waals surface area contributed by atoms with E-state index in [1.165, 1.54) is 6.07 Å².